The number of aromatic nitrogens is 2. The molecule has 0 aliphatic heterocycles. The normalized spacial score (nSPS) is 12.8. The molecule has 0 saturated heterocycles. The van der Waals surface area contributed by atoms with Gasteiger partial charge in [-0.2, -0.15) is 0 Å². The minimum absolute atomic E-state index is 0.117. The van der Waals surface area contributed by atoms with E-state index in [9.17, 15) is 4.79 Å². The fourth-order valence-corrected chi connectivity index (χ4v) is 1.67. The van der Waals surface area contributed by atoms with Crippen LogP contribution in [0.15, 0.2) is 9.64 Å². The molecule has 0 bridgehead atoms. The average Bonchev–Trinajstić information content (AvgIpc) is 2.59. The lowest BCUT2D eigenvalue weighted by molar-refractivity contribution is -0.119. The van der Waals surface area contributed by atoms with E-state index in [1.54, 1.807) is 6.92 Å². The Bertz CT molecular complexity index is 312. The first-order valence-electron chi connectivity index (χ1n) is 4.59. The van der Waals surface area contributed by atoms with Crippen molar-refractivity contribution >= 4 is 17.5 Å². The van der Waals surface area contributed by atoms with Gasteiger partial charge in [0.05, 0.1) is 5.75 Å². The summed E-state index contributed by atoms with van der Waals surface area (Å²) in [6, 6.07) is 0. The van der Waals surface area contributed by atoms with Gasteiger partial charge in [0.25, 0.3) is 5.22 Å². The van der Waals surface area contributed by atoms with Crippen LogP contribution in [-0.4, -0.2) is 21.7 Å². The van der Waals surface area contributed by atoms with Gasteiger partial charge in [-0.15, -0.1) is 10.2 Å². The summed E-state index contributed by atoms with van der Waals surface area (Å²) in [7, 11) is 0. The Hall–Kier alpha value is -0.840. The molecule has 1 aromatic heterocycles. The molecule has 0 amide bonds. The Morgan fingerprint density at radius 2 is 2.29 bits per heavy atom. The molecule has 5 heteroatoms. The summed E-state index contributed by atoms with van der Waals surface area (Å²) in [5.41, 5.74) is 0. The van der Waals surface area contributed by atoms with E-state index in [-0.39, 0.29) is 11.7 Å². The molecule has 0 fully saturated rings. The van der Waals surface area contributed by atoms with Crippen molar-refractivity contribution < 1.29 is 9.21 Å². The van der Waals surface area contributed by atoms with Crippen LogP contribution < -0.4 is 0 Å². The molecule has 1 unspecified atom stereocenters. The number of rotatable bonds is 5. The molecule has 0 radical (unpaired) electrons. The molecular formula is C9H14N2O2S. The predicted octanol–water partition coefficient (Wildman–Crippen LogP) is 2.09. The molecule has 1 aromatic rings. The summed E-state index contributed by atoms with van der Waals surface area (Å²) in [6.07, 6.45) is 0.877. The molecule has 1 rings (SSSR count). The maximum Gasteiger partial charge on any atom is 0.276 e. The van der Waals surface area contributed by atoms with Crippen molar-refractivity contribution in [3.8, 4) is 0 Å². The van der Waals surface area contributed by atoms with E-state index in [0.29, 0.717) is 16.9 Å². The van der Waals surface area contributed by atoms with Crippen molar-refractivity contribution in [3.63, 3.8) is 0 Å². The highest BCUT2D eigenvalue weighted by atomic mass is 32.2. The highest BCUT2D eigenvalue weighted by Gasteiger charge is 2.12. The molecule has 1 atom stereocenters. The summed E-state index contributed by atoms with van der Waals surface area (Å²) in [5.74, 6) is 1.29. The number of carbonyl (C=O) groups is 1. The van der Waals surface area contributed by atoms with Gasteiger partial charge < -0.3 is 4.42 Å². The molecule has 0 N–H and O–H groups in total. The average molecular weight is 214 g/mol. The number of Topliss-reactive ketones (excluding diaryl/α,β-unsaturated/α-hetero) is 1. The number of ketones is 1. The van der Waals surface area contributed by atoms with Crippen molar-refractivity contribution in [2.45, 2.75) is 32.4 Å². The molecule has 14 heavy (non-hydrogen) atoms. The van der Waals surface area contributed by atoms with Gasteiger partial charge in [-0.1, -0.05) is 25.6 Å². The second-order valence-corrected chi connectivity index (χ2v) is 4.08. The van der Waals surface area contributed by atoms with Crippen LogP contribution in [0, 0.1) is 12.8 Å². The van der Waals surface area contributed by atoms with Crippen molar-refractivity contribution in [2.75, 3.05) is 5.75 Å². The lowest BCUT2D eigenvalue weighted by Crippen LogP contribution is -2.12. The predicted molar refractivity (Wildman–Crippen MR) is 54.2 cm³/mol. The van der Waals surface area contributed by atoms with Crippen LogP contribution in [0.1, 0.15) is 26.2 Å². The van der Waals surface area contributed by atoms with E-state index in [2.05, 4.69) is 10.2 Å². The first-order chi connectivity index (χ1) is 6.63. The van der Waals surface area contributed by atoms with Crippen molar-refractivity contribution in [1.82, 2.24) is 10.2 Å². The van der Waals surface area contributed by atoms with E-state index >= 15 is 0 Å². The highest BCUT2D eigenvalue weighted by molar-refractivity contribution is 7.99. The van der Waals surface area contributed by atoms with Gasteiger partial charge in [-0.05, 0) is 6.42 Å². The number of hydrogen-bond acceptors (Lipinski definition) is 5. The number of aryl methyl sites for hydroxylation is 1. The van der Waals surface area contributed by atoms with Crippen LogP contribution >= 0.6 is 11.8 Å². The van der Waals surface area contributed by atoms with E-state index < -0.39 is 0 Å². The molecule has 0 aromatic carbocycles. The fourth-order valence-electron chi connectivity index (χ4n) is 0.840. The van der Waals surface area contributed by atoms with Crippen molar-refractivity contribution in [2.24, 2.45) is 5.92 Å². The van der Waals surface area contributed by atoms with Crippen LogP contribution in [-0.2, 0) is 4.79 Å². The smallest absolute Gasteiger partial charge is 0.276 e. The summed E-state index contributed by atoms with van der Waals surface area (Å²) in [5, 5.41) is 7.95. The molecule has 1 heterocycles. The van der Waals surface area contributed by atoms with Gasteiger partial charge in [-0.25, -0.2) is 0 Å². The monoisotopic (exact) mass is 214 g/mol. The van der Waals surface area contributed by atoms with Gasteiger partial charge in [0.15, 0.2) is 0 Å². The first-order valence-corrected chi connectivity index (χ1v) is 5.57. The lowest BCUT2D eigenvalue weighted by atomic mass is 10.1. The van der Waals surface area contributed by atoms with E-state index in [1.807, 2.05) is 13.8 Å². The second-order valence-electron chi connectivity index (χ2n) is 3.15. The molecular weight excluding hydrogens is 200 g/mol. The van der Waals surface area contributed by atoms with E-state index in [0.717, 1.165) is 6.42 Å². The molecule has 0 aliphatic rings. The third-order valence-electron chi connectivity index (χ3n) is 2.01. The second kappa shape index (κ2) is 5.14. The van der Waals surface area contributed by atoms with Crippen LogP contribution in [0.5, 0.6) is 0 Å². The molecule has 78 valence electrons. The van der Waals surface area contributed by atoms with Crippen LogP contribution in [0.3, 0.4) is 0 Å². The van der Waals surface area contributed by atoms with Crippen LogP contribution in [0.25, 0.3) is 0 Å². The number of hydrogen-bond donors (Lipinski definition) is 0. The SMILES string of the molecule is CCC(C)C(=O)CSc1nnc(C)o1. The van der Waals surface area contributed by atoms with Gasteiger partial charge >= 0.3 is 0 Å². The van der Waals surface area contributed by atoms with Gasteiger partial charge in [-0.3, -0.25) is 4.79 Å². The zero-order valence-corrected chi connectivity index (χ0v) is 9.43. The largest absolute Gasteiger partial charge is 0.416 e. The van der Waals surface area contributed by atoms with Gasteiger partial charge in [0, 0.05) is 12.8 Å². The summed E-state index contributed by atoms with van der Waals surface area (Å²) < 4.78 is 5.14. The standard InChI is InChI=1S/C9H14N2O2S/c1-4-6(2)8(12)5-14-9-11-10-7(3)13-9/h6H,4-5H2,1-3H3. The summed E-state index contributed by atoms with van der Waals surface area (Å²) in [6.45, 7) is 5.67. The van der Waals surface area contributed by atoms with E-state index in [1.165, 1.54) is 11.8 Å². The van der Waals surface area contributed by atoms with Crippen molar-refractivity contribution in [3.05, 3.63) is 5.89 Å². The summed E-state index contributed by atoms with van der Waals surface area (Å²) >= 11 is 1.30. The van der Waals surface area contributed by atoms with Crippen molar-refractivity contribution in [1.29, 1.82) is 0 Å². The third-order valence-corrected chi connectivity index (χ3v) is 2.85. The third kappa shape index (κ3) is 3.14. The maximum absolute atomic E-state index is 11.4. The molecule has 0 aliphatic carbocycles. The zero-order valence-electron chi connectivity index (χ0n) is 8.61. The summed E-state index contributed by atoms with van der Waals surface area (Å²) in [4.78, 5) is 11.4. The molecule has 0 spiro atoms. The first kappa shape index (κ1) is 11.2. The lowest BCUT2D eigenvalue weighted by Gasteiger charge is -2.04. The maximum atomic E-state index is 11.4. The minimum Gasteiger partial charge on any atom is -0.416 e. The van der Waals surface area contributed by atoms with Gasteiger partial charge in [0.2, 0.25) is 5.89 Å². The Labute approximate surface area is 87.5 Å². The Balaban J connectivity index is 2.37. The zero-order chi connectivity index (χ0) is 10.6. The number of carbonyl (C=O) groups excluding carboxylic acids is 1. The Morgan fingerprint density at radius 3 is 2.79 bits per heavy atom. The number of nitrogens with zero attached hydrogens (tertiary/aromatic N) is 2. The highest BCUT2D eigenvalue weighted by Crippen LogP contribution is 2.17. The molecule has 4 nitrogen and oxygen atoms in total. The quantitative estimate of drug-likeness (QED) is 0.702. The van der Waals surface area contributed by atoms with Crippen LogP contribution in [0.2, 0.25) is 0 Å². The number of thioether (sulfide) groups is 1. The van der Waals surface area contributed by atoms with E-state index in [4.69, 9.17) is 4.42 Å². The fraction of sp³-hybridized carbons (Fsp3) is 0.667. The topological polar surface area (TPSA) is 56.0 Å². The Kier molecular flexibility index (Phi) is 4.13. The van der Waals surface area contributed by atoms with Gasteiger partial charge in [0.1, 0.15) is 5.78 Å². The molecule has 0 saturated carbocycles. The Morgan fingerprint density at radius 1 is 1.57 bits per heavy atom. The minimum atomic E-state index is 0.117. The van der Waals surface area contributed by atoms with Crippen LogP contribution in [0.4, 0.5) is 0 Å².